The number of hydrogen-bond acceptors (Lipinski definition) is 2. The standard InChI is InChI=1S/C15H18ClF2N3/c1-15(2,3)14-9(8-21(4)20-14)7-19-13-11(16)5-10(17)6-12(13)18/h5-6,8,19H,7H2,1-4H3. The van der Waals surface area contributed by atoms with Crippen molar-refractivity contribution in [1.29, 1.82) is 0 Å². The maximum atomic E-state index is 13.7. The van der Waals surface area contributed by atoms with Crippen molar-refractivity contribution in [2.75, 3.05) is 5.32 Å². The summed E-state index contributed by atoms with van der Waals surface area (Å²) in [7, 11) is 1.84. The highest BCUT2D eigenvalue weighted by molar-refractivity contribution is 6.33. The van der Waals surface area contributed by atoms with Crippen molar-refractivity contribution in [3.05, 3.63) is 46.2 Å². The minimum Gasteiger partial charge on any atom is -0.377 e. The molecule has 2 rings (SSSR count). The minimum atomic E-state index is -0.707. The van der Waals surface area contributed by atoms with E-state index in [4.69, 9.17) is 11.6 Å². The molecular weight excluding hydrogens is 296 g/mol. The summed E-state index contributed by atoms with van der Waals surface area (Å²) in [6.45, 7) is 6.54. The fourth-order valence-corrected chi connectivity index (χ4v) is 2.45. The first-order chi connectivity index (χ1) is 9.68. The highest BCUT2D eigenvalue weighted by Gasteiger charge is 2.22. The molecule has 0 bridgehead atoms. The first kappa shape index (κ1) is 15.8. The Balaban J connectivity index is 2.25. The Hall–Kier alpha value is -1.62. The fourth-order valence-electron chi connectivity index (χ4n) is 2.19. The number of nitrogens with zero attached hydrogens (tertiary/aromatic N) is 2. The lowest BCUT2D eigenvalue weighted by molar-refractivity contribution is 0.548. The average molecular weight is 314 g/mol. The Kier molecular flexibility index (Phi) is 4.23. The van der Waals surface area contributed by atoms with Crippen molar-refractivity contribution >= 4 is 17.3 Å². The lowest BCUT2D eigenvalue weighted by Gasteiger charge is -2.18. The van der Waals surface area contributed by atoms with Gasteiger partial charge in [0.25, 0.3) is 0 Å². The maximum Gasteiger partial charge on any atom is 0.150 e. The first-order valence-corrected chi connectivity index (χ1v) is 6.97. The molecule has 0 saturated heterocycles. The monoisotopic (exact) mass is 313 g/mol. The number of aromatic nitrogens is 2. The predicted molar refractivity (Wildman–Crippen MR) is 80.6 cm³/mol. The maximum absolute atomic E-state index is 13.7. The zero-order valence-electron chi connectivity index (χ0n) is 12.5. The lowest BCUT2D eigenvalue weighted by Crippen LogP contribution is -2.16. The highest BCUT2D eigenvalue weighted by atomic mass is 35.5. The topological polar surface area (TPSA) is 29.9 Å². The molecule has 0 aliphatic heterocycles. The van der Waals surface area contributed by atoms with Crippen LogP contribution in [0.4, 0.5) is 14.5 Å². The Labute approximate surface area is 127 Å². The van der Waals surface area contributed by atoms with Crippen LogP contribution in [0.2, 0.25) is 5.02 Å². The molecule has 0 unspecified atom stereocenters. The van der Waals surface area contributed by atoms with Crippen molar-refractivity contribution in [3.8, 4) is 0 Å². The number of hydrogen-bond donors (Lipinski definition) is 1. The Morgan fingerprint density at radius 1 is 1.29 bits per heavy atom. The van der Waals surface area contributed by atoms with E-state index in [9.17, 15) is 8.78 Å². The number of rotatable bonds is 3. The van der Waals surface area contributed by atoms with E-state index in [-0.39, 0.29) is 16.1 Å². The van der Waals surface area contributed by atoms with E-state index in [0.717, 1.165) is 23.4 Å². The molecule has 0 saturated carbocycles. The number of benzene rings is 1. The third kappa shape index (κ3) is 3.53. The molecule has 0 spiro atoms. The normalized spacial score (nSPS) is 11.8. The van der Waals surface area contributed by atoms with Crippen LogP contribution < -0.4 is 5.32 Å². The molecule has 1 aromatic heterocycles. The zero-order chi connectivity index (χ0) is 15.8. The van der Waals surface area contributed by atoms with E-state index in [1.165, 1.54) is 0 Å². The van der Waals surface area contributed by atoms with Crippen LogP contribution in [0.25, 0.3) is 0 Å². The summed E-state index contributed by atoms with van der Waals surface area (Å²) in [5.41, 5.74) is 1.85. The van der Waals surface area contributed by atoms with E-state index >= 15 is 0 Å². The van der Waals surface area contributed by atoms with Crippen LogP contribution in [-0.2, 0) is 19.0 Å². The Morgan fingerprint density at radius 3 is 2.52 bits per heavy atom. The van der Waals surface area contributed by atoms with Crippen molar-refractivity contribution in [1.82, 2.24) is 9.78 Å². The van der Waals surface area contributed by atoms with Gasteiger partial charge in [-0.15, -0.1) is 0 Å². The van der Waals surface area contributed by atoms with Gasteiger partial charge in [-0.25, -0.2) is 8.78 Å². The molecule has 21 heavy (non-hydrogen) atoms. The van der Waals surface area contributed by atoms with Crippen LogP contribution in [-0.4, -0.2) is 9.78 Å². The summed E-state index contributed by atoms with van der Waals surface area (Å²) in [5.74, 6) is -1.40. The van der Waals surface area contributed by atoms with Gasteiger partial charge in [0.05, 0.1) is 16.4 Å². The third-order valence-corrected chi connectivity index (χ3v) is 3.38. The molecule has 0 aliphatic rings. The zero-order valence-corrected chi connectivity index (χ0v) is 13.2. The average Bonchev–Trinajstić information content (AvgIpc) is 2.69. The largest absolute Gasteiger partial charge is 0.377 e. The second kappa shape index (κ2) is 5.64. The summed E-state index contributed by atoms with van der Waals surface area (Å²) in [6.07, 6.45) is 1.88. The molecule has 0 fully saturated rings. The van der Waals surface area contributed by atoms with Crippen molar-refractivity contribution in [3.63, 3.8) is 0 Å². The summed E-state index contributed by atoms with van der Waals surface area (Å²) in [5, 5.41) is 7.39. The fraction of sp³-hybridized carbons (Fsp3) is 0.400. The van der Waals surface area contributed by atoms with Gasteiger partial charge in [-0.1, -0.05) is 32.4 Å². The van der Waals surface area contributed by atoms with Crippen LogP contribution in [0.3, 0.4) is 0 Å². The summed E-state index contributed by atoms with van der Waals surface area (Å²) >= 11 is 5.87. The SMILES string of the molecule is Cn1cc(CNc2c(F)cc(F)cc2Cl)c(C(C)(C)C)n1. The van der Waals surface area contributed by atoms with E-state index in [0.29, 0.717) is 6.54 Å². The van der Waals surface area contributed by atoms with Gasteiger partial charge >= 0.3 is 0 Å². The van der Waals surface area contributed by atoms with Gasteiger partial charge in [0.1, 0.15) is 5.82 Å². The molecule has 3 nitrogen and oxygen atoms in total. The molecule has 1 N–H and O–H groups in total. The highest BCUT2D eigenvalue weighted by Crippen LogP contribution is 2.29. The van der Waals surface area contributed by atoms with Crippen LogP contribution in [0, 0.1) is 11.6 Å². The first-order valence-electron chi connectivity index (χ1n) is 6.60. The molecule has 0 amide bonds. The van der Waals surface area contributed by atoms with Gasteiger partial charge in [0.15, 0.2) is 5.82 Å². The van der Waals surface area contributed by atoms with Gasteiger partial charge in [0, 0.05) is 36.8 Å². The third-order valence-electron chi connectivity index (χ3n) is 3.08. The summed E-state index contributed by atoms with van der Waals surface area (Å²) < 4.78 is 28.5. The van der Waals surface area contributed by atoms with E-state index in [1.807, 2.05) is 13.2 Å². The Bertz CT molecular complexity index is 636. The van der Waals surface area contributed by atoms with Crippen molar-refractivity contribution < 1.29 is 8.78 Å². The van der Waals surface area contributed by atoms with Crippen LogP contribution in [0.5, 0.6) is 0 Å². The predicted octanol–water partition coefficient (Wildman–Crippen LogP) is 4.26. The van der Waals surface area contributed by atoms with Gasteiger partial charge < -0.3 is 5.32 Å². The van der Waals surface area contributed by atoms with Crippen LogP contribution >= 0.6 is 11.6 Å². The van der Waals surface area contributed by atoms with E-state index in [2.05, 4.69) is 31.2 Å². The lowest BCUT2D eigenvalue weighted by atomic mass is 9.89. The quantitative estimate of drug-likeness (QED) is 0.917. The number of anilines is 1. The van der Waals surface area contributed by atoms with Crippen LogP contribution in [0.1, 0.15) is 32.0 Å². The summed E-state index contributed by atoms with van der Waals surface area (Å²) in [4.78, 5) is 0. The molecule has 1 aromatic carbocycles. The van der Waals surface area contributed by atoms with Gasteiger partial charge in [-0.3, -0.25) is 4.68 Å². The van der Waals surface area contributed by atoms with Gasteiger partial charge in [-0.2, -0.15) is 5.10 Å². The van der Waals surface area contributed by atoms with Gasteiger partial charge in [-0.05, 0) is 6.07 Å². The molecular formula is C15H18ClF2N3. The smallest absolute Gasteiger partial charge is 0.150 e. The molecule has 0 aliphatic carbocycles. The minimum absolute atomic E-state index is 0.0219. The van der Waals surface area contributed by atoms with Crippen LogP contribution in [0.15, 0.2) is 18.3 Å². The number of nitrogens with one attached hydrogen (secondary N) is 1. The van der Waals surface area contributed by atoms with Crippen molar-refractivity contribution in [2.24, 2.45) is 7.05 Å². The Morgan fingerprint density at radius 2 is 1.95 bits per heavy atom. The second-order valence-corrected chi connectivity index (χ2v) is 6.43. The molecule has 0 radical (unpaired) electrons. The number of halogens is 3. The number of aryl methyl sites for hydroxylation is 1. The van der Waals surface area contributed by atoms with Crippen molar-refractivity contribution in [2.45, 2.75) is 32.7 Å². The van der Waals surface area contributed by atoms with E-state index in [1.54, 1.807) is 4.68 Å². The second-order valence-electron chi connectivity index (χ2n) is 6.02. The molecule has 6 heteroatoms. The van der Waals surface area contributed by atoms with Gasteiger partial charge in [0.2, 0.25) is 0 Å². The molecule has 0 atom stereocenters. The summed E-state index contributed by atoms with van der Waals surface area (Å²) in [6, 6.07) is 1.89. The van der Waals surface area contributed by atoms with E-state index < -0.39 is 11.6 Å². The molecule has 1 heterocycles. The molecule has 114 valence electrons. The molecule has 2 aromatic rings.